The first-order valence-electron chi connectivity index (χ1n) is 15.8. The Balaban J connectivity index is 1.68. The van der Waals surface area contributed by atoms with Gasteiger partial charge in [0.1, 0.15) is 6.04 Å². The summed E-state index contributed by atoms with van der Waals surface area (Å²) in [6.45, 7) is 10.3. The molecule has 1 heterocycles. The first kappa shape index (κ1) is 34.1. The van der Waals surface area contributed by atoms with Gasteiger partial charge < -0.3 is 34.9 Å². The average Bonchev–Trinajstić information content (AvgIpc) is 3.26. The highest BCUT2D eigenvalue weighted by molar-refractivity contribution is 5.86. The van der Waals surface area contributed by atoms with E-state index in [1.54, 1.807) is 33.5 Å². The number of carbonyl (C=O) groups excluding carboxylic acids is 2. The number of carbonyl (C=O) groups is 2. The molecule has 1 saturated heterocycles. The molecule has 2 aromatic rings. The van der Waals surface area contributed by atoms with Gasteiger partial charge in [0.25, 0.3) is 0 Å². The smallest absolute Gasteiger partial charge is 0.242 e. The quantitative estimate of drug-likeness (QED) is 0.287. The van der Waals surface area contributed by atoms with Crippen molar-refractivity contribution in [3.05, 3.63) is 45.6 Å². The summed E-state index contributed by atoms with van der Waals surface area (Å²) in [5.41, 5.74) is 3.15. The van der Waals surface area contributed by atoms with Crippen LogP contribution >= 0.6 is 0 Å². The van der Waals surface area contributed by atoms with Crippen molar-refractivity contribution in [2.45, 2.75) is 58.5 Å². The molecule has 0 bridgehead atoms. The Labute approximate surface area is 265 Å². The van der Waals surface area contributed by atoms with Gasteiger partial charge in [-0.25, -0.2) is 0 Å². The summed E-state index contributed by atoms with van der Waals surface area (Å²) < 4.78 is 22.6. The van der Waals surface area contributed by atoms with E-state index >= 15 is 0 Å². The Bertz CT molecular complexity index is 1410. The lowest BCUT2D eigenvalue weighted by Crippen LogP contribution is -2.43. The minimum absolute atomic E-state index is 0.141. The number of anilines is 1. The maximum Gasteiger partial charge on any atom is 0.242 e. The van der Waals surface area contributed by atoms with Gasteiger partial charge in [0.05, 0.1) is 46.3 Å². The van der Waals surface area contributed by atoms with Gasteiger partial charge in [-0.05, 0) is 73.0 Å². The number of hydrogen-bond acceptors (Lipinski definition) is 9. The van der Waals surface area contributed by atoms with Crippen LogP contribution in [0.25, 0.3) is 11.1 Å². The van der Waals surface area contributed by atoms with Crippen molar-refractivity contribution in [2.24, 2.45) is 5.92 Å². The second kappa shape index (κ2) is 15.9. The van der Waals surface area contributed by atoms with Crippen molar-refractivity contribution in [3.63, 3.8) is 0 Å². The van der Waals surface area contributed by atoms with Crippen LogP contribution in [0.5, 0.6) is 17.2 Å². The van der Waals surface area contributed by atoms with E-state index in [4.69, 9.17) is 18.9 Å². The van der Waals surface area contributed by atoms with Gasteiger partial charge in [0.15, 0.2) is 11.5 Å². The van der Waals surface area contributed by atoms with Crippen LogP contribution in [0.3, 0.4) is 0 Å². The van der Waals surface area contributed by atoms with Crippen molar-refractivity contribution in [3.8, 4) is 28.4 Å². The summed E-state index contributed by atoms with van der Waals surface area (Å²) in [5, 5.41) is 9.36. The minimum Gasteiger partial charge on any atom is -0.493 e. The number of methoxy groups -OCH3 is 3. The monoisotopic (exact) mass is 624 g/mol. The summed E-state index contributed by atoms with van der Waals surface area (Å²) >= 11 is 0. The second-order valence-corrected chi connectivity index (χ2v) is 12.0. The third kappa shape index (κ3) is 8.46. The van der Waals surface area contributed by atoms with Gasteiger partial charge >= 0.3 is 0 Å². The van der Waals surface area contributed by atoms with Crippen LogP contribution in [0.1, 0.15) is 57.2 Å². The number of nitrogens with zero attached hydrogens (tertiary/aromatic N) is 1. The molecule has 2 atom stereocenters. The summed E-state index contributed by atoms with van der Waals surface area (Å²) in [5.74, 6) is 1.34. The fraction of sp³-hybridized carbons (Fsp3) is 0.559. The number of aryl methyl sites for hydroxylation is 1. The summed E-state index contributed by atoms with van der Waals surface area (Å²) in [4.78, 5) is 41.8. The molecule has 1 aliphatic carbocycles. The van der Waals surface area contributed by atoms with E-state index in [1.807, 2.05) is 12.1 Å². The third-order valence-electron chi connectivity index (χ3n) is 8.32. The van der Waals surface area contributed by atoms with E-state index in [-0.39, 0.29) is 23.2 Å². The van der Waals surface area contributed by atoms with Gasteiger partial charge in [-0.15, -0.1) is 0 Å². The highest BCUT2D eigenvalue weighted by atomic mass is 16.5. The van der Waals surface area contributed by atoms with Crippen molar-refractivity contribution in [2.75, 3.05) is 66.0 Å². The standard InChI is InChI=1S/C34H48N4O7/c1-21(2)18-28(34(41)35-12-7-13-38-14-16-45-17-15-38)37-27-11-9-24-25(20-29(27)40)26(36-22(3)39)10-8-23-19-30(42-4)32(43-5)33(44-6)31(23)24/h9,11,19-21,26,28H,7-8,10,12-18H2,1-6H3,(H,35,41)(H,36,39)(H,37,40)/t26-,28-/m0/s1. The molecule has 3 N–H and O–H groups in total. The number of benzene rings is 1. The maximum absolute atomic E-state index is 13.8. The predicted octanol–water partition coefficient (Wildman–Crippen LogP) is 3.53. The highest BCUT2D eigenvalue weighted by Crippen LogP contribution is 2.50. The molecule has 2 amide bonds. The zero-order chi connectivity index (χ0) is 32.5. The zero-order valence-electron chi connectivity index (χ0n) is 27.4. The number of hydrogen-bond donors (Lipinski definition) is 3. The summed E-state index contributed by atoms with van der Waals surface area (Å²) in [7, 11) is 4.69. The molecular formula is C34H48N4O7. The minimum atomic E-state index is -0.597. The molecule has 0 spiro atoms. The average molecular weight is 625 g/mol. The number of fused-ring (bicyclic) bond motifs is 3. The lowest BCUT2D eigenvalue weighted by atomic mass is 9.95. The van der Waals surface area contributed by atoms with E-state index in [0.717, 1.165) is 56.0 Å². The van der Waals surface area contributed by atoms with Gasteiger partial charge in [0, 0.05) is 32.1 Å². The van der Waals surface area contributed by atoms with Gasteiger partial charge in [-0.3, -0.25) is 19.3 Å². The normalized spacial score (nSPS) is 16.9. The SMILES string of the molecule is COc1cc2c(c(OC)c1OC)-c1ccc(N[C@@H](CC(C)C)C(=O)NCCCN3CCOCC3)c(=O)cc1[C@@H](NC(C)=O)CC2. The molecule has 0 radical (unpaired) electrons. The van der Waals surface area contributed by atoms with E-state index in [2.05, 4.69) is 34.7 Å². The molecule has 246 valence electrons. The second-order valence-electron chi connectivity index (χ2n) is 12.0. The molecule has 45 heavy (non-hydrogen) atoms. The Kier molecular flexibility index (Phi) is 12.1. The van der Waals surface area contributed by atoms with Crippen molar-refractivity contribution >= 4 is 17.5 Å². The van der Waals surface area contributed by atoms with Crippen LogP contribution in [-0.2, 0) is 20.7 Å². The summed E-state index contributed by atoms with van der Waals surface area (Å²) in [6.07, 6.45) is 2.55. The number of amides is 2. The number of morpholine rings is 1. The van der Waals surface area contributed by atoms with Gasteiger partial charge in [-0.2, -0.15) is 0 Å². The fourth-order valence-corrected chi connectivity index (χ4v) is 6.18. The van der Waals surface area contributed by atoms with Gasteiger partial charge in [0.2, 0.25) is 23.0 Å². The van der Waals surface area contributed by atoms with E-state index in [9.17, 15) is 14.4 Å². The molecular weight excluding hydrogens is 576 g/mol. The Morgan fingerprint density at radius 1 is 1.04 bits per heavy atom. The van der Waals surface area contributed by atoms with E-state index in [0.29, 0.717) is 54.3 Å². The van der Waals surface area contributed by atoms with Crippen LogP contribution in [0.4, 0.5) is 5.69 Å². The van der Waals surface area contributed by atoms with Crippen LogP contribution in [0, 0.1) is 5.92 Å². The van der Waals surface area contributed by atoms with Crippen LogP contribution in [-0.4, -0.2) is 83.5 Å². The molecule has 4 rings (SSSR count). The molecule has 2 aromatic carbocycles. The Hall–Kier alpha value is -3.83. The maximum atomic E-state index is 13.8. The largest absolute Gasteiger partial charge is 0.493 e. The first-order chi connectivity index (χ1) is 21.7. The molecule has 0 saturated carbocycles. The number of nitrogens with one attached hydrogen (secondary N) is 3. The molecule has 0 unspecified atom stereocenters. The first-order valence-corrected chi connectivity index (χ1v) is 15.8. The number of rotatable bonds is 13. The van der Waals surface area contributed by atoms with Crippen molar-refractivity contribution in [1.29, 1.82) is 0 Å². The van der Waals surface area contributed by atoms with Crippen LogP contribution in [0.2, 0.25) is 0 Å². The van der Waals surface area contributed by atoms with Crippen molar-refractivity contribution in [1.82, 2.24) is 15.5 Å². The molecule has 1 aliphatic heterocycles. The topological polar surface area (TPSA) is 127 Å². The van der Waals surface area contributed by atoms with Crippen LogP contribution < -0.4 is 35.6 Å². The lowest BCUT2D eigenvalue weighted by Gasteiger charge is -2.26. The summed E-state index contributed by atoms with van der Waals surface area (Å²) in [6, 6.07) is 6.05. The zero-order valence-corrected chi connectivity index (χ0v) is 27.4. The molecule has 0 aromatic heterocycles. The molecule has 1 fully saturated rings. The number of ether oxygens (including phenoxy) is 4. The lowest BCUT2D eigenvalue weighted by molar-refractivity contribution is -0.122. The Morgan fingerprint density at radius 3 is 2.42 bits per heavy atom. The Morgan fingerprint density at radius 2 is 1.78 bits per heavy atom. The van der Waals surface area contributed by atoms with Gasteiger partial charge in [-0.1, -0.05) is 19.9 Å². The molecule has 2 aliphatic rings. The van der Waals surface area contributed by atoms with E-state index in [1.165, 1.54) is 6.92 Å². The van der Waals surface area contributed by atoms with Crippen LogP contribution in [0.15, 0.2) is 29.1 Å². The predicted molar refractivity (Wildman–Crippen MR) is 174 cm³/mol. The molecule has 11 heteroatoms. The third-order valence-corrected chi connectivity index (χ3v) is 8.32. The van der Waals surface area contributed by atoms with Crippen molar-refractivity contribution < 1.29 is 28.5 Å². The fourth-order valence-electron chi connectivity index (χ4n) is 6.18. The highest BCUT2D eigenvalue weighted by Gasteiger charge is 2.30. The van der Waals surface area contributed by atoms with E-state index < -0.39 is 12.1 Å². The molecule has 11 nitrogen and oxygen atoms in total.